The molecule has 2 aromatic rings. The van der Waals surface area contributed by atoms with E-state index in [0.717, 1.165) is 12.1 Å². The highest BCUT2D eigenvalue weighted by Gasteiger charge is 2.21. The summed E-state index contributed by atoms with van der Waals surface area (Å²) >= 11 is 0. The molecule has 0 bridgehead atoms. The number of nitrogens with zero attached hydrogens (tertiary/aromatic N) is 4. The van der Waals surface area contributed by atoms with Crippen molar-refractivity contribution < 1.29 is 19.6 Å². The molecule has 0 saturated heterocycles. The molecule has 0 atom stereocenters. The van der Waals surface area contributed by atoms with Crippen LogP contribution in [0.1, 0.15) is 17.4 Å². The van der Waals surface area contributed by atoms with Crippen LogP contribution < -0.4 is 4.74 Å². The fourth-order valence-electron chi connectivity index (χ4n) is 1.45. The molecule has 0 aliphatic carbocycles. The summed E-state index contributed by atoms with van der Waals surface area (Å²) in [6.45, 7) is 2.47. The van der Waals surface area contributed by atoms with Crippen molar-refractivity contribution >= 4 is 11.7 Å². The average molecular weight is 278 g/mol. The number of carbonyl (C=O) groups is 1. The summed E-state index contributed by atoms with van der Waals surface area (Å²) < 4.78 is 6.80. The molecule has 0 unspecified atom stereocenters. The molecule has 0 saturated carbocycles. The normalized spacial score (nSPS) is 10.2. The van der Waals surface area contributed by atoms with Crippen molar-refractivity contribution in [1.29, 1.82) is 0 Å². The van der Waals surface area contributed by atoms with Gasteiger partial charge in [-0.2, -0.15) is 10.1 Å². The molecule has 0 fully saturated rings. The van der Waals surface area contributed by atoms with Gasteiger partial charge in [-0.25, -0.2) is 4.79 Å². The fourth-order valence-corrected chi connectivity index (χ4v) is 1.45. The van der Waals surface area contributed by atoms with E-state index in [1.165, 1.54) is 12.4 Å². The summed E-state index contributed by atoms with van der Waals surface area (Å²) in [4.78, 5) is 24.6. The van der Waals surface area contributed by atoms with Crippen molar-refractivity contribution in [2.45, 2.75) is 13.5 Å². The zero-order valence-corrected chi connectivity index (χ0v) is 10.4. The molecular formula is C11H10N4O5. The first-order chi connectivity index (χ1) is 9.51. The highest BCUT2D eigenvalue weighted by atomic mass is 16.6. The van der Waals surface area contributed by atoms with E-state index in [-0.39, 0.29) is 17.3 Å². The number of ether oxygens (including phenoxy) is 1. The topological polar surface area (TPSA) is 120 Å². The number of carboxylic acid groups (broad SMARTS) is 1. The van der Waals surface area contributed by atoms with Crippen LogP contribution in [-0.4, -0.2) is 30.8 Å². The maximum Gasteiger partial charge on any atom is 0.354 e. The molecule has 104 valence electrons. The van der Waals surface area contributed by atoms with Crippen molar-refractivity contribution in [2.75, 3.05) is 0 Å². The van der Waals surface area contributed by atoms with Gasteiger partial charge in [0, 0.05) is 12.6 Å². The third-order valence-corrected chi connectivity index (χ3v) is 2.40. The van der Waals surface area contributed by atoms with Crippen molar-refractivity contribution in [3.63, 3.8) is 0 Å². The number of rotatable bonds is 5. The molecule has 0 spiro atoms. The molecule has 2 rings (SSSR count). The van der Waals surface area contributed by atoms with Gasteiger partial charge in [-0.05, 0) is 13.0 Å². The summed E-state index contributed by atoms with van der Waals surface area (Å²) in [7, 11) is 0. The van der Waals surface area contributed by atoms with Gasteiger partial charge in [-0.15, -0.1) is 0 Å². The summed E-state index contributed by atoms with van der Waals surface area (Å²) in [6.07, 6.45) is 2.89. The van der Waals surface area contributed by atoms with E-state index < -0.39 is 16.6 Å². The summed E-state index contributed by atoms with van der Waals surface area (Å²) in [5, 5.41) is 23.7. The van der Waals surface area contributed by atoms with Crippen LogP contribution in [-0.2, 0) is 6.54 Å². The van der Waals surface area contributed by atoms with E-state index in [4.69, 9.17) is 9.84 Å². The lowest BCUT2D eigenvalue weighted by Crippen LogP contribution is -2.03. The second-order valence-corrected chi connectivity index (χ2v) is 3.72. The van der Waals surface area contributed by atoms with Gasteiger partial charge in [0.25, 0.3) is 0 Å². The van der Waals surface area contributed by atoms with Crippen LogP contribution in [0.3, 0.4) is 0 Å². The van der Waals surface area contributed by atoms with E-state index in [1.807, 2.05) is 6.92 Å². The predicted molar refractivity (Wildman–Crippen MR) is 65.8 cm³/mol. The molecule has 1 N–H and O–H groups in total. The molecule has 2 heterocycles. The number of carboxylic acids is 1. The van der Waals surface area contributed by atoms with Gasteiger partial charge in [-0.1, -0.05) is 0 Å². The predicted octanol–water partition coefficient (Wildman–Crippen LogP) is 1.70. The molecule has 2 aromatic heterocycles. The highest BCUT2D eigenvalue weighted by Crippen LogP contribution is 2.29. The SMILES string of the molecule is CCn1cc(Oc2nc(C(=O)O)ccc2[N+](=O)[O-])cn1. The Balaban J connectivity index is 2.39. The number of hydrogen-bond acceptors (Lipinski definition) is 6. The maximum atomic E-state index is 10.9. The number of aryl methyl sites for hydroxylation is 1. The van der Waals surface area contributed by atoms with Crippen LogP contribution in [0.15, 0.2) is 24.5 Å². The Kier molecular flexibility index (Phi) is 3.60. The Hall–Kier alpha value is -2.97. The zero-order valence-electron chi connectivity index (χ0n) is 10.4. The van der Waals surface area contributed by atoms with Crippen molar-refractivity contribution in [3.05, 3.63) is 40.3 Å². The van der Waals surface area contributed by atoms with Crippen LogP contribution in [0.4, 0.5) is 5.69 Å². The lowest BCUT2D eigenvalue weighted by molar-refractivity contribution is -0.386. The minimum absolute atomic E-state index is 0.241. The van der Waals surface area contributed by atoms with Gasteiger partial charge in [-0.3, -0.25) is 14.8 Å². The second kappa shape index (κ2) is 5.34. The standard InChI is InChI=1S/C11H10N4O5/c1-2-14-6-7(5-12-14)20-10-9(15(18)19)4-3-8(13-10)11(16)17/h3-6H,2H2,1H3,(H,16,17). The van der Waals surface area contributed by atoms with E-state index in [0.29, 0.717) is 6.54 Å². The van der Waals surface area contributed by atoms with Crippen LogP contribution in [0.25, 0.3) is 0 Å². The fraction of sp³-hybridized carbons (Fsp3) is 0.182. The van der Waals surface area contributed by atoms with E-state index in [2.05, 4.69) is 10.1 Å². The van der Waals surface area contributed by atoms with Gasteiger partial charge in [0.15, 0.2) is 11.4 Å². The van der Waals surface area contributed by atoms with Gasteiger partial charge in [0.2, 0.25) is 0 Å². The number of aromatic nitrogens is 3. The number of hydrogen-bond donors (Lipinski definition) is 1. The van der Waals surface area contributed by atoms with Gasteiger partial charge < -0.3 is 9.84 Å². The third-order valence-electron chi connectivity index (χ3n) is 2.40. The van der Waals surface area contributed by atoms with Crippen molar-refractivity contribution in [2.24, 2.45) is 0 Å². The number of aromatic carboxylic acids is 1. The van der Waals surface area contributed by atoms with E-state index in [9.17, 15) is 14.9 Å². The van der Waals surface area contributed by atoms with Crippen LogP contribution in [0.5, 0.6) is 11.6 Å². The average Bonchev–Trinajstić information content (AvgIpc) is 2.86. The van der Waals surface area contributed by atoms with Crippen LogP contribution >= 0.6 is 0 Å². The van der Waals surface area contributed by atoms with Crippen LogP contribution in [0, 0.1) is 10.1 Å². The first-order valence-electron chi connectivity index (χ1n) is 5.60. The third kappa shape index (κ3) is 2.71. The molecule has 0 aromatic carbocycles. The van der Waals surface area contributed by atoms with E-state index in [1.54, 1.807) is 4.68 Å². The first-order valence-corrected chi connectivity index (χ1v) is 5.60. The molecule has 0 amide bonds. The van der Waals surface area contributed by atoms with Crippen LogP contribution in [0.2, 0.25) is 0 Å². The minimum atomic E-state index is -1.30. The number of nitro groups is 1. The maximum absolute atomic E-state index is 10.9. The summed E-state index contributed by atoms with van der Waals surface area (Å²) in [5.74, 6) is -1.44. The second-order valence-electron chi connectivity index (χ2n) is 3.72. The Morgan fingerprint density at radius 2 is 2.30 bits per heavy atom. The zero-order chi connectivity index (χ0) is 14.7. The Morgan fingerprint density at radius 1 is 1.55 bits per heavy atom. The Bertz CT molecular complexity index is 667. The Labute approximate surface area is 112 Å². The lowest BCUT2D eigenvalue weighted by atomic mass is 10.3. The molecule has 9 nitrogen and oxygen atoms in total. The number of pyridine rings is 1. The molecule has 0 aliphatic heterocycles. The molecule has 20 heavy (non-hydrogen) atoms. The Morgan fingerprint density at radius 3 is 2.85 bits per heavy atom. The molecule has 9 heteroatoms. The van der Waals surface area contributed by atoms with Gasteiger partial charge >= 0.3 is 17.5 Å². The molecule has 0 radical (unpaired) electrons. The quantitative estimate of drug-likeness (QED) is 0.652. The smallest absolute Gasteiger partial charge is 0.354 e. The van der Waals surface area contributed by atoms with Gasteiger partial charge in [0.05, 0.1) is 17.3 Å². The van der Waals surface area contributed by atoms with Crippen molar-refractivity contribution in [3.8, 4) is 11.6 Å². The van der Waals surface area contributed by atoms with E-state index >= 15 is 0 Å². The largest absolute Gasteiger partial charge is 0.477 e. The summed E-state index contributed by atoms with van der Waals surface area (Å²) in [5.41, 5.74) is -0.757. The minimum Gasteiger partial charge on any atom is -0.477 e. The first kappa shape index (κ1) is 13.5. The monoisotopic (exact) mass is 278 g/mol. The summed E-state index contributed by atoms with van der Waals surface area (Å²) in [6, 6.07) is 2.08. The molecular weight excluding hydrogens is 268 g/mol. The highest BCUT2D eigenvalue weighted by molar-refractivity contribution is 5.85. The molecule has 0 aliphatic rings. The lowest BCUT2D eigenvalue weighted by Gasteiger charge is -2.03. The van der Waals surface area contributed by atoms with Gasteiger partial charge in [0.1, 0.15) is 0 Å². The van der Waals surface area contributed by atoms with Crippen molar-refractivity contribution in [1.82, 2.24) is 14.8 Å².